The van der Waals surface area contributed by atoms with E-state index in [1.165, 1.54) is 12.1 Å². The van der Waals surface area contributed by atoms with Gasteiger partial charge in [0.1, 0.15) is 22.6 Å². The monoisotopic (exact) mass is 349 g/mol. The molecular formula is C16H17ClFN5O. The predicted molar refractivity (Wildman–Crippen MR) is 89.6 cm³/mol. The van der Waals surface area contributed by atoms with Gasteiger partial charge in [-0.2, -0.15) is 10.4 Å². The number of nitrogens with one attached hydrogen (secondary N) is 2. The summed E-state index contributed by atoms with van der Waals surface area (Å²) in [4.78, 5) is 12.2. The van der Waals surface area contributed by atoms with Crippen molar-refractivity contribution < 1.29 is 9.18 Å². The fourth-order valence-corrected chi connectivity index (χ4v) is 2.65. The first-order valence-electron chi connectivity index (χ1n) is 7.43. The molecule has 24 heavy (non-hydrogen) atoms. The third kappa shape index (κ3) is 3.66. The first-order valence-corrected chi connectivity index (χ1v) is 7.81. The van der Waals surface area contributed by atoms with E-state index in [2.05, 4.69) is 15.7 Å². The van der Waals surface area contributed by atoms with Crippen LogP contribution in [0.25, 0.3) is 0 Å². The molecule has 0 saturated carbocycles. The van der Waals surface area contributed by atoms with Crippen LogP contribution in [0.15, 0.2) is 18.2 Å². The van der Waals surface area contributed by atoms with Crippen LogP contribution in [0.1, 0.15) is 28.5 Å². The summed E-state index contributed by atoms with van der Waals surface area (Å²) < 4.78 is 15.0. The Balaban J connectivity index is 1.94. The summed E-state index contributed by atoms with van der Waals surface area (Å²) in [5, 5.41) is 19.1. The lowest BCUT2D eigenvalue weighted by molar-refractivity contribution is 0.0954. The summed E-state index contributed by atoms with van der Waals surface area (Å²) in [5.41, 5.74) is 1.25. The molecule has 0 saturated heterocycles. The number of amides is 1. The molecule has 2 aromatic rings. The van der Waals surface area contributed by atoms with Crippen molar-refractivity contribution in [2.75, 3.05) is 18.4 Å². The van der Waals surface area contributed by atoms with Crippen LogP contribution in [-0.4, -0.2) is 28.8 Å². The molecular weight excluding hydrogens is 333 g/mol. The molecule has 1 aromatic carbocycles. The van der Waals surface area contributed by atoms with Crippen molar-refractivity contribution in [2.45, 2.75) is 20.4 Å². The normalized spacial score (nSPS) is 10.3. The highest BCUT2D eigenvalue weighted by molar-refractivity contribution is 6.33. The maximum Gasteiger partial charge on any atom is 0.256 e. The molecule has 126 valence electrons. The van der Waals surface area contributed by atoms with Gasteiger partial charge in [-0.1, -0.05) is 17.7 Å². The van der Waals surface area contributed by atoms with Gasteiger partial charge in [-0.05, 0) is 26.0 Å². The van der Waals surface area contributed by atoms with Crippen molar-refractivity contribution >= 4 is 23.2 Å². The summed E-state index contributed by atoms with van der Waals surface area (Å²) in [6, 6.07) is 6.15. The van der Waals surface area contributed by atoms with Gasteiger partial charge >= 0.3 is 0 Å². The second-order valence-corrected chi connectivity index (χ2v) is 5.38. The van der Waals surface area contributed by atoms with Crippen molar-refractivity contribution in [1.82, 2.24) is 15.1 Å². The number of hydrogen-bond acceptors (Lipinski definition) is 4. The number of carbonyl (C=O) groups is 1. The standard InChI is InChI=1S/C16H17ClFN5O/c1-3-23-15(17)14(10(2)22-23)16(24)21-8-7-20-13-6-4-5-12(18)11(13)9-19/h4-6,20H,3,7-8H2,1-2H3,(H,21,24). The number of halogens is 2. The molecule has 0 fully saturated rings. The molecule has 1 amide bonds. The van der Waals surface area contributed by atoms with Gasteiger partial charge in [0, 0.05) is 19.6 Å². The van der Waals surface area contributed by atoms with Crippen molar-refractivity contribution in [3.63, 3.8) is 0 Å². The summed E-state index contributed by atoms with van der Waals surface area (Å²) in [5.74, 6) is -0.903. The fraction of sp³-hybridized carbons (Fsp3) is 0.312. The number of rotatable bonds is 6. The van der Waals surface area contributed by atoms with E-state index in [0.717, 1.165) is 0 Å². The van der Waals surface area contributed by atoms with Crippen molar-refractivity contribution in [3.05, 3.63) is 46.0 Å². The Morgan fingerprint density at radius 2 is 2.21 bits per heavy atom. The largest absolute Gasteiger partial charge is 0.382 e. The Bertz CT molecular complexity index is 796. The minimum atomic E-state index is -0.582. The zero-order chi connectivity index (χ0) is 17.7. The van der Waals surface area contributed by atoms with Crippen molar-refractivity contribution in [2.24, 2.45) is 0 Å². The maximum absolute atomic E-state index is 13.5. The lowest BCUT2D eigenvalue weighted by Crippen LogP contribution is -2.29. The Kier molecular flexibility index (Phi) is 5.77. The Hall–Kier alpha value is -2.59. The van der Waals surface area contributed by atoms with E-state index in [0.29, 0.717) is 35.2 Å². The molecule has 0 bridgehead atoms. The van der Waals surface area contributed by atoms with E-state index in [-0.39, 0.29) is 18.0 Å². The van der Waals surface area contributed by atoms with E-state index in [9.17, 15) is 9.18 Å². The first kappa shape index (κ1) is 17.8. The fourth-order valence-electron chi connectivity index (χ4n) is 2.27. The molecule has 0 atom stereocenters. The van der Waals surface area contributed by atoms with Gasteiger partial charge in [-0.15, -0.1) is 0 Å². The van der Waals surface area contributed by atoms with Crippen LogP contribution in [0.2, 0.25) is 5.15 Å². The SMILES string of the molecule is CCn1nc(C)c(C(=O)NCCNc2cccc(F)c2C#N)c1Cl. The molecule has 0 spiro atoms. The van der Waals surface area contributed by atoms with Crippen LogP contribution in [-0.2, 0) is 6.54 Å². The van der Waals surface area contributed by atoms with Gasteiger partial charge < -0.3 is 10.6 Å². The number of nitriles is 1. The lowest BCUT2D eigenvalue weighted by Gasteiger charge is -2.09. The van der Waals surface area contributed by atoms with E-state index < -0.39 is 5.82 Å². The number of hydrogen-bond donors (Lipinski definition) is 2. The summed E-state index contributed by atoms with van der Waals surface area (Å²) in [7, 11) is 0. The van der Waals surface area contributed by atoms with E-state index >= 15 is 0 Å². The van der Waals surface area contributed by atoms with Crippen LogP contribution < -0.4 is 10.6 Å². The van der Waals surface area contributed by atoms with E-state index in [4.69, 9.17) is 16.9 Å². The second kappa shape index (κ2) is 7.79. The van der Waals surface area contributed by atoms with Crippen LogP contribution in [0, 0.1) is 24.1 Å². The Labute approximate surface area is 144 Å². The average molecular weight is 350 g/mol. The smallest absolute Gasteiger partial charge is 0.256 e. The predicted octanol–water partition coefficient (Wildman–Crippen LogP) is 2.72. The summed E-state index contributed by atoms with van der Waals surface area (Å²) in [6.07, 6.45) is 0. The highest BCUT2D eigenvalue weighted by Gasteiger charge is 2.19. The number of anilines is 1. The second-order valence-electron chi connectivity index (χ2n) is 5.02. The average Bonchev–Trinajstić information content (AvgIpc) is 2.85. The van der Waals surface area contributed by atoms with Gasteiger partial charge in [0.05, 0.1) is 16.9 Å². The molecule has 0 aliphatic heterocycles. The van der Waals surface area contributed by atoms with Crippen molar-refractivity contribution in [1.29, 1.82) is 5.26 Å². The number of carbonyl (C=O) groups excluding carboxylic acids is 1. The van der Waals surface area contributed by atoms with Gasteiger partial charge in [0.15, 0.2) is 0 Å². The third-order valence-corrected chi connectivity index (χ3v) is 3.83. The zero-order valence-electron chi connectivity index (χ0n) is 13.4. The molecule has 1 heterocycles. The van der Waals surface area contributed by atoms with Gasteiger partial charge in [-0.3, -0.25) is 9.48 Å². The molecule has 0 aliphatic rings. The third-order valence-electron chi connectivity index (χ3n) is 3.44. The highest BCUT2D eigenvalue weighted by Crippen LogP contribution is 2.19. The molecule has 8 heteroatoms. The van der Waals surface area contributed by atoms with Crippen LogP contribution >= 0.6 is 11.6 Å². The van der Waals surface area contributed by atoms with Crippen LogP contribution in [0.3, 0.4) is 0 Å². The molecule has 0 aliphatic carbocycles. The van der Waals surface area contributed by atoms with E-state index in [1.807, 2.05) is 13.0 Å². The minimum Gasteiger partial charge on any atom is -0.382 e. The molecule has 2 N–H and O–H groups in total. The number of aromatic nitrogens is 2. The van der Waals surface area contributed by atoms with Gasteiger partial charge in [-0.25, -0.2) is 4.39 Å². The van der Waals surface area contributed by atoms with Gasteiger partial charge in [0.25, 0.3) is 5.91 Å². The minimum absolute atomic E-state index is 0.0491. The number of aryl methyl sites for hydroxylation is 2. The molecule has 0 radical (unpaired) electrons. The molecule has 0 unspecified atom stereocenters. The van der Waals surface area contributed by atoms with Crippen LogP contribution in [0.5, 0.6) is 0 Å². The van der Waals surface area contributed by atoms with Crippen LogP contribution in [0.4, 0.5) is 10.1 Å². The summed E-state index contributed by atoms with van der Waals surface area (Å²) >= 11 is 6.14. The zero-order valence-corrected chi connectivity index (χ0v) is 14.1. The quantitative estimate of drug-likeness (QED) is 0.785. The maximum atomic E-state index is 13.5. The summed E-state index contributed by atoms with van der Waals surface area (Å²) in [6.45, 7) is 4.80. The van der Waals surface area contributed by atoms with E-state index in [1.54, 1.807) is 17.7 Å². The topological polar surface area (TPSA) is 82.7 Å². The van der Waals surface area contributed by atoms with Gasteiger partial charge in [0.2, 0.25) is 0 Å². The molecule has 1 aromatic heterocycles. The number of benzene rings is 1. The Morgan fingerprint density at radius 3 is 2.83 bits per heavy atom. The van der Waals surface area contributed by atoms with Crippen molar-refractivity contribution in [3.8, 4) is 6.07 Å². The highest BCUT2D eigenvalue weighted by atomic mass is 35.5. The molecule has 2 rings (SSSR count). The molecule has 6 nitrogen and oxygen atoms in total. The Morgan fingerprint density at radius 1 is 1.46 bits per heavy atom. The first-order chi connectivity index (χ1) is 11.5. The number of nitrogens with zero attached hydrogens (tertiary/aromatic N) is 3. The lowest BCUT2D eigenvalue weighted by atomic mass is 10.2.